The fraction of sp³-hybridized carbons (Fsp3) is 0.444. The van der Waals surface area contributed by atoms with Gasteiger partial charge in [0.15, 0.2) is 5.69 Å². The number of hydrogen-bond donors (Lipinski definition) is 3. The standard InChI is InChI=1S/C27H37N11O3/c1-4-6-8-19(5-2)18-30-27-32-25(28)31-26(33-27)29-15-7-16-37(3)22-12-9-20(10-13-22)34-35-23-14-11-21(36-39)17-24(23)38(40)41/h9-14,17,19H,4-8,15-16,18H2,1-3H3,(H4,28,29,30,31,32,33)/b35-34+. The summed E-state index contributed by atoms with van der Waals surface area (Å²) in [7, 11) is 1.98. The van der Waals surface area contributed by atoms with Gasteiger partial charge in [-0.05, 0) is 60.3 Å². The molecule has 1 unspecified atom stereocenters. The van der Waals surface area contributed by atoms with Crippen molar-refractivity contribution in [3.8, 4) is 0 Å². The number of benzene rings is 2. The molecule has 2 aromatic carbocycles. The molecular formula is C27H37N11O3. The normalized spacial score (nSPS) is 11.8. The number of nitro groups is 1. The molecule has 3 aromatic rings. The maximum absolute atomic E-state index is 11.3. The molecule has 41 heavy (non-hydrogen) atoms. The summed E-state index contributed by atoms with van der Waals surface area (Å²) in [5.74, 6) is 1.66. The van der Waals surface area contributed by atoms with Gasteiger partial charge in [0.25, 0.3) is 5.69 Å². The van der Waals surface area contributed by atoms with Crippen LogP contribution in [0.15, 0.2) is 57.9 Å². The molecule has 0 aliphatic heterocycles. The number of azo groups is 1. The number of nitrogens with two attached hydrogens (primary N) is 1. The lowest BCUT2D eigenvalue weighted by molar-refractivity contribution is -0.384. The van der Waals surface area contributed by atoms with E-state index < -0.39 is 4.92 Å². The van der Waals surface area contributed by atoms with Crippen LogP contribution in [0.3, 0.4) is 0 Å². The highest BCUT2D eigenvalue weighted by atomic mass is 16.6. The maximum atomic E-state index is 11.3. The van der Waals surface area contributed by atoms with Crippen LogP contribution in [0, 0.1) is 20.9 Å². The Labute approximate surface area is 239 Å². The van der Waals surface area contributed by atoms with Gasteiger partial charge in [-0.1, -0.05) is 33.1 Å². The van der Waals surface area contributed by atoms with E-state index in [0.29, 0.717) is 30.0 Å². The SMILES string of the molecule is CCCCC(CC)CNc1nc(N)nc(NCCCN(C)c2ccc(/N=N/c3ccc(N=O)cc3[N+](=O)[O-])cc2)n1. The van der Waals surface area contributed by atoms with Crippen molar-refractivity contribution in [1.29, 1.82) is 0 Å². The molecule has 14 heteroatoms. The number of nitrogens with zero attached hydrogens (tertiary/aromatic N) is 8. The minimum Gasteiger partial charge on any atom is -0.375 e. The van der Waals surface area contributed by atoms with E-state index >= 15 is 0 Å². The molecule has 14 nitrogen and oxygen atoms in total. The molecule has 0 saturated carbocycles. The van der Waals surface area contributed by atoms with Gasteiger partial charge in [0.05, 0.1) is 10.6 Å². The van der Waals surface area contributed by atoms with Crippen molar-refractivity contribution in [1.82, 2.24) is 15.0 Å². The van der Waals surface area contributed by atoms with Crippen LogP contribution in [0.4, 0.5) is 46.3 Å². The first-order valence-electron chi connectivity index (χ1n) is 13.7. The number of nitrogens with one attached hydrogen (secondary N) is 2. The first-order chi connectivity index (χ1) is 19.8. The Hall–Kier alpha value is -4.75. The van der Waals surface area contributed by atoms with E-state index in [-0.39, 0.29) is 23.0 Å². The molecule has 0 aliphatic carbocycles. The van der Waals surface area contributed by atoms with Gasteiger partial charge in [0, 0.05) is 38.4 Å². The highest BCUT2D eigenvalue weighted by molar-refractivity contribution is 5.63. The van der Waals surface area contributed by atoms with E-state index in [1.54, 1.807) is 12.1 Å². The van der Waals surface area contributed by atoms with Crippen molar-refractivity contribution in [3.05, 3.63) is 57.5 Å². The van der Waals surface area contributed by atoms with Gasteiger partial charge in [-0.3, -0.25) is 10.1 Å². The minimum atomic E-state index is -0.626. The van der Waals surface area contributed by atoms with Crippen molar-refractivity contribution in [2.45, 2.75) is 46.0 Å². The van der Waals surface area contributed by atoms with Crippen LogP contribution in [0.2, 0.25) is 0 Å². The van der Waals surface area contributed by atoms with E-state index in [4.69, 9.17) is 5.73 Å². The summed E-state index contributed by atoms with van der Waals surface area (Å²) in [6, 6.07) is 11.1. The molecule has 0 amide bonds. The lowest BCUT2D eigenvalue weighted by Crippen LogP contribution is -2.21. The van der Waals surface area contributed by atoms with Crippen LogP contribution >= 0.6 is 0 Å². The van der Waals surface area contributed by atoms with Crippen LogP contribution < -0.4 is 21.3 Å². The van der Waals surface area contributed by atoms with E-state index in [1.165, 1.54) is 31.4 Å². The molecule has 4 N–H and O–H groups in total. The van der Waals surface area contributed by atoms with Crippen LogP contribution in [0.5, 0.6) is 0 Å². The molecule has 0 bridgehead atoms. The molecule has 1 heterocycles. The van der Waals surface area contributed by atoms with Gasteiger partial charge in [0.2, 0.25) is 17.8 Å². The zero-order valence-corrected chi connectivity index (χ0v) is 23.7. The molecule has 0 aliphatic rings. The molecule has 0 fully saturated rings. The number of nitroso groups, excluding NO2 is 1. The number of anilines is 4. The van der Waals surface area contributed by atoms with E-state index in [1.807, 2.05) is 19.2 Å². The number of aromatic nitrogens is 3. The Bertz CT molecular complexity index is 1320. The number of nitro benzene ring substituents is 1. The Morgan fingerprint density at radius 1 is 1.00 bits per heavy atom. The first-order valence-corrected chi connectivity index (χ1v) is 13.7. The summed E-state index contributed by atoms with van der Waals surface area (Å²) in [6.45, 7) is 6.60. The third kappa shape index (κ3) is 9.74. The molecule has 0 radical (unpaired) electrons. The second-order valence-electron chi connectivity index (χ2n) is 9.58. The highest BCUT2D eigenvalue weighted by Gasteiger charge is 2.15. The van der Waals surface area contributed by atoms with Gasteiger partial charge in [-0.2, -0.15) is 20.1 Å². The largest absolute Gasteiger partial charge is 0.375 e. The Kier molecular flexibility index (Phi) is 11.8. The predicted molar refractivity (Wildman–Crippen MR) is 162 cm³/mol. The van der Waals surface area contributed by atoms with Crippen LogP contribution in [-0.4, -0.2) is 46.6 Å². The molecule has 0 spiro atoms. The Morgan fingerprint density at radius 3 is 2.37 bits per heavy atom. The summed E-state index contributed by atoms with van der Waals surface area (Å²) >= 11 is 0. The monoisotopic (exact) mass is 563 g/mol. The number of unbranched alkanes of at least 4 members (excludes halogenated alkanes) is 1. The molecule has 3 rings (SSSR count). The zero-order chi connectivity index (χ0) is 29.6. The summed E-state index contributed by atoms with van der Waals surface area (Å²) < 4.78 is 0. The highest BCUT2D eigenvalue weighted by Crippen LogP contribution is 2.33. The minimum absolute atomic E-state index is 0.0380. The van der Waals surface area contributed by atoms with Crippen molar-refractivity contribution in [3.63, 3.8) is 0 Å². The van der Waals surface area contributed by atoms with E-state index in [0.717, 1.165) is 37.7 Å². The fourth-order valence-electron chi connectivity index (χ4n) is 4.06. The maximum Gasteiger partial charge on any atom is 0.299 e. The van der Waals surface area contributed by atoms with Gasteiger partial charge in [-0.15, -0.1) is 10.0 Å². The summed E-state index contributed by atoms with van der Waals surface area (Å²) in [5, 5.41) is 28.6. The summed E-state index contributed by atoms with van der Waals surface area (Å²) in [6.07, 6.45) is 5.48. The number of nitrogen functional groups attached to an aromatic ring is 1. The lowest BCUT2D eigenvalue weighted by Gasteiger charge is -2.19. The van der Waals surface area contributed by atoms with Gasteiger partial charge >= 0.3 is 0 Å². The van der Waals surface area contributed by atoms with Crippen LogP contribution in [0.1, 0.15) is 46.0 Å². The van der Waals surface area contributed by atoms with Crippen molar-refractivity contribution in [2.75, 3.05) is 47.9 Å². The number of hydrogen-bond acceptors (Lipinski definition) is 13. The Morgan fingerprint density at radius 2 is 1.71 bits per heavy atom. The second kappa shape index (κ2) is 15.7. The topological polar surface area (TPSA) is 189 Å². The fourth-order valence-corrected chi connectivity index (χ4v) is 4.06. The van der Waals surface area contributed by atoms with Crippen molar-refractivity contribution in [2.24, 2.45) is 21.3 Å². The Balaban J connectivity index is 1.49. The summed E-state index contributed by atoms with van der Waals surface area (Å²) in [5.41, 5.74) is 7.05. The first kappa shape index (κ1) is 30.8. The zero-order valence-electron chi connectivity index (χ0n) is 23.7. The van der Waals surface area contributed by atoms with Gasteiger partial charge in [-0.25, -0.2) is 0 Å². The number of rotatable bonds is 17. The third-order valence-corrected chi connectivity index (χ3v) is 6.52. The smallest absolute Gasteiger partial charge is 0.299 e. The van der Waals surface area contributed by atoms with Gasteiger partial charge < -0.3 is 21.3 Å². The average Bonchev–Trinajstić information content (AvgIpc) is 2.98. The second-order valence-corrected chi connectivity index (χ2v) is 9.58. The van der Waals surface area contributed by atoms with E-state index in [9.17, 15) is 15.0 Å². The lowest BCUT2D eigenvalue weighted by atomic mass is 9.99. The molecule has 218 valence electrons. The van der Waals surface area contributed by atoms with Crippen molar-refractivity contribution < 1.29 is 4.92 Å². The molecule has 1 atom stereocenters. The molecule has 1 aromatic heterocycles. The molecule has 0 saturated heterocycles. The predicted octanol–water partition coefficient (Wildman–Crippen LogP) is 6.74. The average molecular weight is 564 g/mol. The quantitative estimate of drug-likeness (QED) is 0.0521. The third-order valence-electron chi connectivity index (χ3n) is 6.52. The van der Waals surface area contributed by atoms with Crippen LogP contribution in [-0.2, 0) is 0 Å². The summed E-state index contributed by atoms with van der Waals surface area (Å²) in [4.78, 5) is 36.2. The molecular weight excluding hydrogens is 526 g/mol. The van der Waals surface area contributed by atoms with Gasteiger partial charge in [0.1, 0.15) is 5.69 Å². The van der Waals surface area contributed by atoms with Crippen molar-refractivity contribution >= 4 is 46.3 Å². The van der Waals surface area contributed by atoms with E-state index in [2.05, 4.69) is 59.7 Å². The van der Waals surface area contributed by atoms with Crippen LogP contribution in [0.25, 0.3) is 0 Å².